The predicted octanol–water partition coefficient (Wildman–Crippen LogP) is -2.62. The van der Waals surface area contributed by atoms with Crippen molar-refractivity contribution in [2.75, 3.05) is 0 Å². The molecule has 0 aliphatic carbocycles. The molecule has 0 atom stereocenters. The van der Waals surface area contributed by atoms with Crippen LogP contribution in [0.2, 0.25) is 0 Å². The summed E-state index contributed by atoms with van der Waals surface area (Å²) in [4.78, 5) is 0. The van der Waals surface area contributed by atoms with Crippen molar-refractivity contribution in [2.45, 2.75) is 0 Å². The van der Waals surface area contributed by atoms with Crippen LogP contribution in [0, 0.1) is 35.6 Å². The van der Waals surface area contributed by atoms with Crippen LogP contribution in [0.15, 0.2) is 0 Å². The molecule has 7 heavy (non-hydrogen) atoms. The third-order valence-corrected chi connectivity index (χ3v) is 0. The SMILES string of the molecule is [La+3].[Ni+2].[O]=[Mn](=[O])([O-])[O-]. The van der Waals surface area contributed by atoms with E-state index in [-0.39, 0.29) is 52.1 Å². The second-order valence-corrected chi connectivity index (χ2v) is 1.56. The molecule has 0 heterocycles. The van der Waals surface area contributed by atoms with Crippen LogP contribution in [-0.2, 0) is 37.5 Å². The molecular formula is LaMnNiO4+3. The van der Waals surface area contributed by atoms with Gasteiger partial charge in [-0.05, 0) is 0 Å². The first-order chi connectivity index (χ1) is 2.00. The topological polar surface area (TPSA) is 80.3 Å². The van der Waals surface area contributed by atoms with E-state index in [0.717, 1.165) is 0 Å². The summed E-state index contributed by atoms with van der Waals surface area (Å²) in [6.45, 7) is 0. The summed E-state index contributed by atoms with van der Waals surface area (Å²) < 4.78 is 34.3. The van der Waals surface area contributed by atoms with Crippen LogP contribution < -0.4 is 8.38 Å². The Morgan fingerprint density at radius 1 is 1.14 bits per heavy atom. The van der Waals surface area contributed by atoms with Crippen LogP contribution in [0.1, 0.15) is 0 Å². The summed E-state index contributed by atoms with van der Waals surface area (Å²) in [6, 6.07) is 0. The molecule has 4 nitrogen and oxygen atoms in total. The van der Waals surface area contributed by atoms with Crippen molar-refractivity contribution >= 4 is 0 Å². The maximum atomic E-state index is 8.58. The summed E-state index contributed by atoms with van der Waals surface area (Å²) in [5, 5.41) is 0. The van der Waals surface area contributed by atoms with E-state index in [1.807, 2.05) is 0 Å². The number of rotatable bonds is 0. The zero-order valence-electron chi connectivity index (χ0n) is 2.90. The molecule has 0 rings (SSSR count). The second-order valence-electron chi connectivity index (χ2n) is 0.378. The van der Waals surface area contributed by atoms with Gasteiger partial charge in [0.05, 0.1) is 0 Å². The summed E-state index contributed by atoms with van der Waals surface area (Å²) in [6.07, 6.45) is 0. The Morgan fingerprint density at radius 3 is 1.14 bits per heavy atom. The molecule has 0 unspecified atom stereocenters. The van der Waals surface area contributed by atoms with Crippen LogP contribution in [0.3, 0.4) is 0 Å². The third kappa shape index (κ3) is 84.9. The van der Waals surface area contributed by atoms with E-state index in [1.165, 1.54) is 0 Å². The van der Waals surface area contributed by atoms with Crippen molar-refractivity contribution in [1.29, 1.82) is 0 Å². The normalized spacial score (nSPS) is 8.29. The molecule has 0 fully saturated rings. The summed E-state index contributed by atoms with van der Waals surface area (Å²) >= 11 is -5.62. The summed E-state index contributed by atoms with van der Waals surface area (Å²) in [5.74, 6) is 0. The molecule has 0 N–H and O–H groups in total. The van der Waals surface area contributed by atoms with E-state index in [9.17, 15) is 0 Å². The van der Waals surface area contributed by atoms with Gasteiger partial charge in [-0.25, -0.2) is 0 Å². The van der Waals surface area contributed by atoms with Crippen molar-refractivity contribution in [3.8, 4) is 0 Å². The van der Waals surface area contributed by atoms with Gasteiger partial charge in [-0.15, -0.1) is 0 Å². The zero-order valence-corrected chi connectivity index (χ0v) is 8.70. The first kappa shape index (κ1) is 15.9. The molecule has 0 radical (unpaired) electrons. The van der Waals surface area contributed by atoms with E-state index < -0.39 is 13.4 Å². The quantitative estimate of drug-likeness (QED) is 0.458. The van der Waals surface area contributed by atoms with E-state index in [1.54, 1.807) is 0 Å². The van der Waals surface area contributed by atoms with Gasteiger partial charge in [-0.1, -0.05) is 0 Å². The van der Waals surface area contributed by atoms with Crippen LogP contribution >= 0.6 is 0 Å². The molecule has 0 saturated heterocycles. The summed E-state index contributed by atoms with van der Waals surface area (Å²) in [7, 11) is 0. The van der Waals surface area contributed by atoms with Gasteiger partial charge in [0.1, 0.15) is 0 Å². The summed E-state index contributed by atoms with van der Waals surface area (Å²) in [5.41, 5.74) is 0. The van der Waals surface area contributed by atoms with Crippen molar-refractivity contribution < 1.29 is 81.5 Å². The van der Waals surface area contributed by atoms with Crippen LogP contribution in [-0.4, -0.2) is 0 Å². The predicted molar refractivity (Wildman–Crippen MR) is 1.37 cm³/mol. The Morgan fingerprint density at radius 2 is 1.14 bits per heavy atom. The average molecular weight is 317 g/mol. The zero-order chi connectivity index (χ0) is 4.50. The minimum absolute atomic E-state index is 0. The Hall–Kier alpha value is 1.73. The first-order valence-corrected chi connectivity index (χ1v) is 2.54. The molecule has 0 aromatic carbocycles. The molecule has 0 amide bonds. The van der Waals surface area contributed by atoms with Crippen molar-refractivity contribution in [3.63, 3.8) is 0 Å². The van der Waals surface area contributed by atoms with Crippen molar-refractivity contribution in [1.82, 2.24) is 0 Å². The number of hydrogen-bond donors (Lipinski definition) is 0. The molecule has 0 bridgehead atoms. The Bertz CT molecular complexity index is 94.9. The van der Waals surface area contributed by atoms with Crippen LogP contribution in [0.4, 0.5) is 0 Å². The monoisotopic (exact) mass is 316 g/mol. The molecule has 0 spiro atoms. The first-order valence-electron chi connectivity index (χ1n) is 0.617. The van der Waals surface area contributed by atoms with Gasteiger partial charge in [0.25, 0.3) is 0 Å². The Labute approximate surface area is 80.5 Å². The number of hydrogen-bond acceptors (Lipinski definition) is 4. The molecule has 0 aliphatic rings. The van der Waals surface area contributed by atoms with Gasteiger partial charge in [0.15, 0.2) is 0 Å². The minimum atomic E-state index is -5.62. The van der Waals surface area contributed by atoms with E-state index in [2.05, 4.69) is 0 Å². The van der Waals surface area contributed by atoms with Gasteiger partial charge in [-0.3, -0.25) is 0 Å². The molecular weight excluding hydrogens is 317 g/mol. The third-order valence-electron chi connectivity index (χ3n) is 0. The van der Waals surface area contributed by atoms with Gasteiger partial charge >= 0.3 is 81.5 Å². The Balaban J connectivity index is -0.0000000800. The van der Waals surface area contributed by atoms with Crippen LogP contribution in [0.25, 0.3) is 0 Å². The van der Waals surface area contributed by atoms with Crippen molar-refractivity contribution in [3.05, 3.63) is 0 Å². The van der Waals surface area contributed by atoms with E-state index in [4.69, 9.17) is 16.0 Å². The van der Waals surface area contributed by atoms with E-state index >= 15 is 0 Å². The van der Waals surface area contributed by atoms with Gasteiger partial charge in [0, 0.05) is 0 Å². The fourth-order valence-corrected chi connectivity index (χ4v) is 0. The van der Waals surface area contributed by atoms with E-state index in [0.29, 0.717) is 0 Å². The van der Waals surface area contributed by atoms with Crippen LogP contribution in [0.5, 0.6) is 0 Å². The van der Waals surface area contributed by atoms with Gasteiger partial charge < -0.3 is 0 Å². The van der Waals surface area contributed by atoms with Crippen molar-refractivity contribution in [2.24, 2.45) is 0 Å². The standard InChI is InChI=1S/La.Mn.Ni.4O/q+3;;+2;;;2*-1. The fourth-order valence-electron chi connectivity index (χ4n) is 0. The molecule has 0 aromatic rings. The molecule has 7 heteroatoms. The van der Waals surface area contributed by atoms with Gasteiger partial charge in [-0.2, -0.15) is 0 Å². The molecule has 0 aromatic heterocycles. The molecule has 0 aliphatic heterocycles. The molecule has 0 saturated carbocycles. The molecule has 41 valence electrons. The average Bonchev–Trinajstić information content (AvgIpc) is 0.722. The van der Waals surface area contributed by atoms with Gasteiger partial charge in [0.2, 0.25) is 0 Å². The second kappa shape index (κ2) is 5.86. The Kier molecular flexibility index (Phi) is 13.3. The fraction of sp³-hybridized carbons (Fsp3) is 0. The maximum absolute atomic E-state index is 8.58.